The third kappa shape index (κ3) is 1.91. The van der Waals surface area contributed by atoms with Gasteiger partial charge < -0.3 is 5.11 Å². The summed E-state index contributed by atoms with van der Waals surface area (Å²) in [7, 11) is 0. The fourth-order valence-electron chi connectivity index (χ4n) is 3.25. The van der Waals surface area contributed by atoms with Gasteiger partial charge in [0.15, 0.2) is 0 Å². The number of nitrogens with zero attached hydrogens (tertiary/aromatic N) is 1. The van der Waals surface area contributed by atoms with Crippen LogP contribution in [-0.4, -0.2) is 10.1 Å². The predicted octanol–water partition coefficient (Wildman–Crippen LogP) is 3.63. The molecule has 0 spiro atoms. The third-order valence-corrected chi connectivity index (χ3v) is 4.11. The van der Waals surface area contributed by atoms with Gasteiger partial charge in [0, 0.05) is 17.1 Å². The molecule has 1 heterocycles. The Kier molecular flexibility index (Phi) is 2.83. The fraction of sp³-hybridized carbons (Fsp3) is 0.438. The van der Waals surface area contributed by atoms with Gasteiger partial charge in [-0.15, -0.1) is 0 Å². The first-order chi connectivity index (χ1) is 8.69. The van der Waals surface area contributed by atoms with E-state index in [4.69, 9.17) is 0 Å². The van der Waals surface area contributed by atoms with Crippen molar-refractivity contribution < 1.29 is 5.11 Å². The molecule has 1 aliphatic carbocycles. The first kappa shape index (κ1) is 11.7. The summed E-state index contributed by atoms with van der Waals surface area (Å²) in [5.74, 6) is 0.586. The lowest BCUT2D eigenvalue weighted by atomic mass is 9.74. The van der Waals surface area contributed by atoms with Gasteiger partial charge in [-0.1, -0.05) is 37.6 Å². The summed E-state index contributed by atoms with van der Waals surface area (Å²) in [6.07, 6.45) is 5.83. The summed E-state index contributed by atoms with van der Waals surface area (Å²) >= 11 is 0. The smallest absolute Gasteiger partial charge is 0.0920 e. The number of para-hydroxylation sites is 1. The fourth-order valence-corrected chi connectivity index (χ4v) is 3.25. The Morgan fingerprint density at radius 1 is 1.28 bits per heavy atom. The molecule has 18 heavy (non-hydrogen) atoms. The number of pyridine rings is 1. The van der Waals surface area contributed by atoms with Crippen LogP contribution in [-0.2, 0) is 5.60 Å². The number of fused-ring (bicyclic) bond motifs is 1. The first-order valence-electron chi connectivity index (χ1n) is 6.76. The van der Waals surface area contributed by atoms with Crippen LogP contribution in [0, 0.1) is 5.92 Å². The van der Waals surface area contributed by atoms with Crippen LogP contribution < -0.4 is 0 Å². The highest BCUT2D eigenvalue weighted by Gasteiger charge is 2.35. The van der Waals surface area contributed by atoms with Crippen LogP contribution in [0.3, 0.4) is 0 Å². The Balaban J connectivity index is 2.13. The molecule has 2 aromatic rings. The molecule has 0 aliphatic heterocycles. The Morgan fingerprint density at radius 3 is 2.94 bits per heavy atom. The van der Waals surface area contributed by atoms with Crippen molar-refractivity contribution in [3.05, 3.63) is 42.1 Å². The van der Waals surface area contributed by atoms with Crippen LogP contribution in [0.4, 0.5) is 0 Å². The van der Waals surface area contributed by atoms with Crippen molar-refractivity contribution in [1.82, 2.24) is 4.98 Å². The van der Waals surface area contributed by atoms with Crippen LogP contribution in [0.25, 0.3) is 10.9 Å². The summed E-state index contributed by atoms with van der Waals surface area (Å²) in [6, 6.07) is 10.1. The SMILES string of the molecule is CC1CCCC(O)(c2cccc3cccnc23)C1. The second kappa shape index (κ2) is 4.36. The van der Waals surface area contributed by atoms with Crippen molar-refractivity contribution in [3.8, 4) is 0 Å². The maximum absolute atomic E-state index is 11.0. The van der Waals surface area contributed by atoms with Crippen LogP contribution >= 0.6 is 0 Å². The van der Waals surface area contributed by atoms with E-state index in [1.807, 2.05) is 18.2 Å². The minimum atomic E-state index is -0.689. The maximum Gasteiger partial charge on any atom is 0.0920 e. The van der Waals surface area contributed by atoms with E-state index < -0.39 is 5.60 Å². The molecule has 1 aromatic carbocycles. The predicted molar refractivity (Wildman–Crippen MR) is 73.3 cm³/mol. The lowest BCUT2D eigenvalue weighted by molar-refractivity contribution is -0.0167. The Hall–Kier alpha value is -1.41. The monoisotopic (exact) mass is 241 g/mol. The summed E-state index contributed by atoms with van der Waals surface area (Å²) in [4.78, 5) is 4.47. The molecule has 0 saturated heterocycles. The van der Waals surface area contributed by atoms with Gasteiger partial charge in [-0.3, -0.25) is 4.98 Å². The number of benzene rings is 1. The molecule has 0 amide bonds. The van der Waals surface area contributed by atoms with E-state index >= 15 is 0 Å². The lowest BCUT2D eigenvalue weighted by Crippen LogP contribution is -2.32. The summed E-state index contributed by atoms with van der Waals surface area (Å²) in [5.41, 5.74) is 1.27. The highest BCUT2D eigenvalue weighted by atomic mass is 16.3. The maximum atomic E-state index is 11.0. The van der Waals surface area contributed by atoms with Gasteiger partial charge >= 0.3 is 0 Å². The zero-order valence-corrected chi connectivity index (χ0v) is 10.8. The Morgan fingerprint density at radius 2 is 2.11 bits per heavy atom. The van der Waals surface area contributed by atoms with Crippen LogP contribution in [0.2, 0.25) is 0 Å². The number of rotatable bonds is 1. The average Bonchev–Trinajstić information content (AvgIpc) is 2.38. The second-order valence-electron chi connectivity index (χ2n) is 5.61. The van der Waals surface area contributed by atoms with Gasteiger partial charge in [0.05, 0.1) is 11.1 Å². The standard InChI is InChI=1S/C16H19NO/c1-12-5-3-9-16(18,11-12)14-8-2-6-13-7-4-10-17-15(13)14/h2,4,6-8,10,12,18H,3,5,9,11H2,1H3. The van der Waals surface area contributed by atoms with Crippen molar-refractivity contribution in [2.75, 3.05) is 0 Å². The molecule has 1 saturated carbocycles. The molecule has 0 radical (unpaired) electrons. The summed E-state index contributed by atoms with van der Waals surface area (Å²) < 4.78 is 0. The minimum Gasteiger partial charge on any atom is -0.385 e. The third-order valence-electron chi connectivity index (χ3n) is 4.11. The van der Waals surface area contributed by atoms with Gasteiger partial charge in [-0.2, -0.15) is 0 Å². The van der Waals surface area contributed by atoms with E-state index in [1.54, 1.807) is 6.20 Å². The van der Waals surface area contributed by atoms with Gasteiger partial charge in [0.1, 0.15) is 0 Å². The largest absolute Gasteiger partial charge is 0.385 e. The minimum absolute atomic E-state index is 0.586. The van der Waals surface area contributed by atoms with Crippen molar-refractivity contribution in [2.24, 2.45) is 5.92 Å². The van der Waals surface area contributed by atoms with Gasteiger partial charge in [0.25, 0.3) is 0 Å². The molecule has 1 aromatic heterocycles. The van der Waals surface area contributed by atoms with Crippen LogP contribution in [0.5, 0.6) is 0 Å². The molecule has 2 atom stereocenters. The Labute approximate surface area is 108 Å². The zero-order chi connectivity index (χ0) is 12.6. The number of aromatic nitrogens is 1. The quantitative estimate of drug-likeness (QED) is 0.827. The van der Waals surface area contributed by atoms with E-state index in [2.05, 4.69) is 24.0 Å². The Bertz CT molecular complexity index is 561. The number of hydrogen-bond acceptors (Lipinski definition) is 2. The van der Waals surface area contributed by atoms with Crippen molar-refractivity contribution >= 4 is 10.9 Å². The second-order valence-corrected chi connectivity index (χ2v) is 5.61. The molecule has 2 heteroatoms. The van der Waals surface area contributed by atoms with E-state index in [1.165, 1.54) is 6.42 Å². The highest BCUT2D eigenvalue weighted by Crippen LogP contribution is 2.41. The molecule has 3 rings (SSSR count). The van der Waals surface area contributed by atoms with Gasteiger partial charge in [0.2, 0.25) is 0 Å². The van der Waals surface area contributed by atoms with E-state index in [9.17, 15) is 5.11 Å². The molecule has 94 valence electrons. The summed E-state index contributed by atoms with van der Waals surface area (Å²) in [5, 5.41) is 12.1. The zero-order valence-electron chi connectivity index (χ0n) is 10.8. The van der Waals surface area contributed by atoms with Crippen LogP contribution in [0.15, 0.2) is 36.5 Å². The van der Waals surface area contributed by atoms with Crippen molar-refractivity contribution in [3.63, 3.8) is 0 Å². The van der Waals surface area contributed by atoms with E-state index in [-0.39, 0.29) is 0 Å². The molecule has 2 unspecified atom stereocenters. The molecule has 1 fully saturated rings. The van der Waals surface area contributed by atoms with Crippen molar-refractivity contribution in [2.45, 2.75) is 38.2 Å². The highest BCUT2D eigenvalue weighted by molar-refractivity contribution is 5.82. The molecule has 2 nitrogen and oxygen atoms in total. The van der Waals surface area contributed by atoms with Gasteiger partial charge in [-0.05, 0) is 31.2 Å². The molecular weight excluding hydrogens is 222 g/mol. The molecule has 0 bridgehead atoms. The molecule has 1 aliphatic rings. The average molecular weight is 241 g/mol. The topological polar surface area (TPSA) is 33.1 Å². The number of hydrogen-bond donors (Lipinski definition) is 1. The lowest BCUT2D eigenvalue weighted by Gasteiger charge is -2.36. The van der Waals surface area contributed by atoms with Gasteiger partial charge in [-0.25, -0.2) is 0 Å². The van der Waals surface area contributed by atoms with E-state index in [0.717, 1.165) is 35.7 Å². The molecular formula is C16H19NO. The van der Waals surface area contributed by atoms with E-state index in [0.29, 0.717) is 5.92 Å². The summed E-state index contributed by atoms with van der Waals surface area (Å²) in [6.45, 7) is 2.22. The number of aliphatic hydroxyl groups is 1. The van der Waals surface area contributed by atoms with Crippen molar-refractivity contribution in [1.29, 1.82) is 0 Å². The molecule has 1 N–H and O–H groups in total. The normalized spacial score (nSPS) is 28.4. The first-order valence-corrected chi connectivity index (χ1v) is 6.76. The van der Waals surface area contributed by atoms with Crippen LogP contribution in [0.1, 0.15) is 38.2 Å².